The number of rotatable bonds is 1. The smallest absolute Gasteiger partial charge is 0.373 e. The molecule has 1 N–H and O–H groups in total. The average molecular weight is 194 g/mol. The van der Waals surface area contributed by atoms with Crippen molar-refractivity contribution < 1.29 is 17.6 Å². The Morgan fingerprint density at radius 2 is 1.92 bits per heavy atom. The molecule has 0 spiro atoms. The third-order valence-corrected chi connectivity index (χ3v) is 1.37. The van der Waals surface area contributed by atoms with E-state index < -0.39 is 17.7 Å². The van der Waals surface area contributed by atoms with Crippen molar-refractivity contribution in [3.63, 3.8) is 0 Å². The molecule has 0 bridgehead atoms. The fourth-order valence-electron chi connectivity index (χ4n) is 0.780. The SMILES string of the molecule is CNc1ccc(F)c(C(F)(F)F)n1. The number of alkyl halides is 3. The van der Waals surface area contributed by atoms with Gasteiger partial charge in [-0.15, -0.1) is 0 Å². The van der Waals surface area contributed by atoms with Crippen LogP contribution in [0.2, 0.25) is 0 Å². The van der Waals surface area contributed by atoms with E-state index in [2.05, 4.69) is 10.3 Å². The van der Waals surface area contributed by atoms with E-state index in [1.54, 1.807) is 0 Å². The molecule has 1 aromatic heterocycles. The van der Waals surface area contributed by atoms with Gasteiger partial charge in [0.05, 0.1) is 0 Å². The van der Waals surface area contributed by atoms with Crippen molar-refractivity contribution in [2.75, 3.05) is 12.4 Å². The first-order valence-electron chi connectivity index (χ1n) is 3.36. The molecule has 0 aliphatic heterocycles. The molecule has 1 aromatic rings. The van der Waals surface area contributed by atoms with Crippen LogP contribution in [-0.2, 0) is 6.18 Å². The fraction of sp³-hybridized carbons (Fsp3) is 0.286. The van der Waals surface area contributed by atoms with Crippen LogP contribution in [0.1, 0.15) is 5.69 Å². The molecule has 0 amide bonds. The van der Waals surface area contributed by atoms with E-state index in [0.29, 0.717) is 0 Å². The number of nitrogens with zero attached hydrogens (tertiary/aromatic N) is 1. The van der Waals surface area contributed by atoms with Crippen molar-refractivity contribution in [1.29, 1.82) is 0 Å². The molecule has 1 heterocycles. The molecule has 0 atom stereocenters. The number of aromatic nitrogens is 1. The molecule has 0 aliphatic rings. The molecular weight excluding hydrogens is 188 g/mol. The predicted octanol–water partition coefficient (Wildman–Crippen LogP) is 2.28. The summed E-state index contributed by atoms with van der Waals surface area (Å²) in [7, 11) is 1.40. The quantitative estimate of drug-likeness (QED) is 0.693. The van der Waals surface area contributed by atoms with Gasteiger partial charge in [0.2, 0.25) is 0 Å². The second-order valence-electron chi connectivity index (χ2n) is 2.27. The first-order valence-corrected chi connectivity index (χ1v) is 3.36. The normalized spacial score (nSPS) is 11.5. The number of nitrogens with one attached hydrogen (secondary N) is 1. The molecule has 0 unspecified atom stereocenters. The van der Waals surface area contributed by atoms with Crippen LogP contribution in [0.15, 0.2) is 12.1 Å². The van der Waals surface area contributed by atoms with Crippen molar-refractivity contribution >= 4 is 5.82 Å². The summed E-state index contributed by atoms with van der Waals surface area (Å²) in [5.74, 6) is -1.39. The van der Waals surface area contributed by atoms with Gasteiger partial charge in [0.15, 0.2) is 11.5 Å². The van der Waals surface area contributed by atoms with E-state index in [0.717, 1.165) is 12.1 Å². The second kappa shape index (κ2) is 3.20. The van der Waals surface area contributed by atoms with Gasteiger partial charge in [0.1, 0.15) is 5.82 Å². The van der Waals surface area contributed by atoms with Gasteiger partial charge in [-0.3, -0.25) is 0 Å². The Kier molecular flexibility index (Phi) is 2.40. The highest BCUT2D eigenvalue weighted by Gasteiger charge is 2.36. The van der Waals surface area contributed by atoms with Gasteiger partial charge in [0, 0.05) is 7.05 Å². The van der Waals surface area contributed by atoms with Gasteiger partial charge in [-0.1, -0.05) is 0 Å². The van der Waals surface area contributed by atoms with Crippen molar-refractivity contribution in [3.05, 3.63) is 23.6 Å². The molecular formula is C7H6F4N2. The van der Waals surface area contributed by atoms with Crippen LogP contribution in [0.3, 0.4) is 0 Å². The maximum absolute atomic E-state index is 12.6. The summed E-state index contributed by atoms with van der Waals surface area (Å²) in [5, 5.41) is 2.39. The Morgan fingerprint density at radius 3 is 2.38 bits per heavy atom. The molecule has 0 saturated carbocycles. The lowest BCUT2D eigenvalue weighted by Crippen LogP contribution is -2.12. The van der Waals surface area contributed by atoms with Crippen LogP contribution in [0.4, 0.5) is 23.4 Å². The van der Waals surface area contributed by atoms with E-state index in [1.807, 2.05) is 0 Å². The first kappa shape index (κ1) is 9.76. The largest absolute Gasteiger partial charge is 0.436 e. The Morgan fingerprint density at radius 1 is 1.31 bits per heavy atom. The zero-order valence-electron chi connectivity index (χ0n) is 6.61. The topological polar surface area (TPSA) is 24.9 Å². The van der Waals surface area contributed by atoms with Crippen LogP contribution in [0.25, 0.3) is 0 Å². The summed E-state index contributed by atoms with van der Waals surface area (Å²) in [4.78, 5) is 3.05. The van der Waals surface area contributed by atoms with E-state index >= 15 is 0 Å². The first-order chi connectivity index (χ1) is 5.95. The molecule has 0 aliphatic carbocycles. The lowest BCUT2D eigenvalue weighted by atomic mass is 10.3. The minimum atomic E-state index is -4.75. The van der Waals surface area contributed by atoms with Gasteiger partial charge in [-0.2, -0.15) is 13.2 Å². The van der Waals surface area contributed by atoms with Crippen molar-refractivity contribution in [2.24, 2.45) is 0 Å². The Bertz CT molecular complexity index is 308. The summed E-state index contributed by atoms with van der Waals surface area (Å²) in [5.41, 5.74) is -1.50. The fourth-order valence-corrected chi connectivity index (χ4v) is 0.780. The lowest BCUT2D eigenvalue weighted by molar-refractivity contribution is -0.143. The molecule has 2 nitrogen and oxygen atoms in total. The minimum Gasteiger partial charge on any atom is -0.373 e. The van der Waals surface area contributed by atoms with Crippen molar-refractivity contribution in [3.8, 4) is 0 Å². The summed E-state index contributed by atoms with van der Waals surface area (Å²) in [6, 6.07) is 1.85. The van der Waals surface area contributed by atoms with Gasteiger partial charge in [-0.05, 0) is 12.1 Å². The number of hydrogen-bond acceptors (Lipinski definition) is 2. The van der Waals surface area contributed by atoms with Crippen LogP contribution in [0, 0.1) is 5.82 Å². The van der Waals surface area contributed by atoms with Gasteiger partial charge < -0.3 is 5.32 Å². The highest BCUT2D eigenvalue weighted by Crippen LogP contribution is 2.30. The third-order valence-electron chi connectivity index (χ3n) is 1.37. The molecule has 0 saturated heterocycles. The summed E-state index contributed by atoms with van der Waals surface area (Å²) < 4.78 is 48.7. The van der Waals surface area contributed by atoms with E-state index in [4.69, 9.17) is 0 Å². The van der Waals surface area contributed by atoms with E-state index in [-0.39, 0.29) is 5.82 Å². The molecule has 0 fully saturated rings. The minimum absolute atomic E-state index is 0.0197. The monoisotopic (exact) mass is 194 g/mol. The number of hydrogen-bond donors (Lipinski definition) is 1. The predicted molar refractivity (Wildman–Crippen MR) is 38.7 cm³/mol. The molecule has 1 rings (SSSR count). The Labute approximate surface area is 71.6 Å². The van der Waals surface area contributed by atoms with Gasteiger partial charge in [-0.25, -0.2) is 9.37 Å². The van der Waals surface area contributed by atoms with Crippen molar-refractivity contribution in [1.82, 2.24) is 4.98 Å². The third kappa shape index (κ3) is 2.07. The molecule has 13 heavy (non-hydrogen) atoms. The number of anilines is 1. The number of halogens is 4. The standard InChI is InChI=1S/C7H6F4N2/c1-12-5-3-2-4(8)6(13-5)7(9,10)11/h2-3H,1H3,(H,12,13). The highest BCUT2D eigenvalue weighted by atomic mass is 19.4. The maximum atomic E-state index is 12.6. The van der Waals surface area contributed by atoms with Crippen LogP contribution < -0.4 is 5.32 Å². The highest BCUT2D eigenvalue weighted by molar-refractivity contribution is 5.35. The van der Waals surface area contributed by atoms with Gasteiger partial charge >= 0.3 is 6.18 Å². The zero-order valence-corrected chi connectivity index (χ0v) is 6.61. The average Bonchev–Trinajstić information content (AvgIpc) is 2.03. The Balaban J connectivity index is 3.19. The maximum Gasteiger partial charge on any atom is 0.436 e. The molecule has 6 heteroatoms. The van der Waals surface area contributed by atoms with Crippen LogP contribution in [0.5, 0.6) is 0 Å². The summed E-state index contributed by atoms with van der Waals surface area (Å²) >= 11 is 0. The van der Waals surface area contributed by atoms with Crippen LogP contribution in [-0.4, -0.2) is 12.0 Å². The second-order valence-corrected chi connectivity index (χ2v) is 2.27. The van der Waals surface area contributed by atoms with Crippen molar-refractivity contribution in [2.45, 2.75) is 6.18 Å². The van der Waals surface area contributed by atoms with E-state index in [1.165, 1.54) is 7.05 Å². The van der Waals surface area contributed by atoms with Crippen LogP contribution >= 0.6 is 0 Å². The zero-order chi connectivity index (χ0) is 10.1. The molecule has 0 aromatic carbocycles. The summed E-state index contributed by atoms with van der Waals surface area (Å²) in [6.45, 7) is 0. The summed E-state index contributed by atoms with van der Waals surface area (Å²) in [6.07, 6.45) is -4.75. The van der Waals surface area contributed by atoms with Gasteiger partial charge in [0.25, 0.3) is 0 Å². The lowest BCUT2D eigenvalue weighted by Gasteiger charge is -2.08. The van der Waals surface area contributed by atoms with E-state index in [9.17, 15) is 17.6 Å². The number of pyridine rings is 1. The molecule has 72 valence electrons. The Hall–Kier alpha value is -1.33. The molecule has 0 radical (unpaired) electrons.